The van der Waals surface area contributed by atoms with Crippen LogP contribution in [0.2, 0.25) is 0 Å². The lowest BCUT2D eigenvalue weighted by Crippen LogP contribution is -2.61. The van der Waals surface area contributed by atoms with E-state index >= 15 is 0 Å². The molecule has 8 heteroatoms. The monoisotopic (exact) mass is 645 g/mol. The average molecular weight is 646 g/mol. The third-order valence-corrected chi connectivity index (χ3v) is 9.58. The van der Waals surface area contributed by atoms with Gasteiger partial charge in [-0.05, 0) is 43.4 Å². The van der Waals surface area contributed by atoms with Gasteiger partial charge >= 0.3 is 0 Å². The second-order valence-corrected chi connectivity index (χ2v) is 15.2. The summed E-state index contributed by atoms with van der Waals surface area (Å²) in [5, 5.41) is 6.35. The zero-order chi connectivity index (χ0) is 35.1. The molecule has 1 aliphatic heterocycles. The number of hydrogen-bond acceptors (Lipinski definition) is 5. The van der Waals surface area contributed by atoms with Crippen molar-refractivity contribution in [1.29, 1.82) is 0 Å². The highest BCUT2D eigenvalue weighted by Gasteiger charge is 2.41. The van der Waals surface area contributed by atoms with Crippen molar-refractivity contribution in [3.8, 4) is 0 Å². The average Bonchev–Trinajstić information content (AvgIpc) is 3.01. The summed E-state index contributed by atoms with van der Waals surface area (Å²) in [6, 6.07) is 16.9. The number of nitrogens with one attached hydrogen (secondary N) is 2. The van der Waals surface area contributed by atoms with Gasteiger partial charge in [0.05, 0.1) is 12.1 Å². The number of amides is 3. The van der Waals surface area contributed by atoms with Crippen molar-refractivity contribution in [2.45, 2.75) is 92.4 Å². The summed E-state index contributed by atoms with van der Waals surface area (Å²) in [4.78, 5) is 47.7. The first-order valence-electron chi connectivity index (χ1n) is 17.0. The van der Waals surface area contributed by atoms with Crippen LogP contribution in [0.5, 0.6) is 0 Å². The third-order valence-electron chi connectivity index (χ3n) is 9.58. The van der Waals surface area contributed by atoms with E-state index in [9.17, 15) is 14.4 Å². The van der Waals surface area contributed by atoms with Crippen LogP contribution in [0.4, 0.5) is 0 Å². The molecule has 3 rings (SSSR count). The molecule has 0 spiro atoms. The fraction of sp³-hybridized carbons (Fsp3) is 0.564. The largest absolute Gasteiger partial charge is 0.342 e. The smallest absolute Gasteiger partial charge is 0.249 e. The van der Waals surface area contributed by atoms with E-state index in [4.69, 9.17) is 0 Å². The van der Waals surface area contributed by atoms with Gasteiger partial charge in [0.15, 0.2) is 0 Å². The molecule has 0 saturated carbocycles. The minimum absolute atomic E-state index is 0.00627. The van der Waals surface area contributed by atoms with E-state index in [-0.39, 0.29) is 29.7 Å². The van der Waals surface area contributed by atoms with Gasteiger partial charge in [0.1, 0.15) is 6.04 Å². The molecule has 1 saturated heterocycles. The molecular weight excluding hydrogens is 586 g/mol. The van der Waals surface area contributed by atoms with Crippen LogP contribution >= 0.6 is 0 Å². The second kappa shape index (κ2) is 16.1. The zero-order valence-electron chi connectivity index (χ0n) is 30.7. The van der Waals surface area contributed by atoms with Gasteiger partial charge in [-0.3, -0.25) is 19.3 Å². The van der Waals surface area contributed by atoms with E-state index in [0.29, 0.717) is 18.7 Å². The van der Waals surface area contributed by atoms with E-state index in [1.165, 1.54) is 5.56 Å². The molecule has 1 fully saturated rings. The molecule has 8 nitrogen and oxygen atoms in total. The minimum Gasteiger partial charge on any atom is -0.342 e. The summed E-state index contributed by atoms with van der Waals surface area (Å²) in [6.07, 6.45) is 1.93. The Kier molecular flexibility index (Phi) is 13.0. The summed E-state index contributed by atoms with van der Waals surface area (Å²) in [7, 11) is 3.56. The van der Waals surface area contributed by atoms with E-state index in [0.717, 1.165) is 30.8 Å². The first-order chi connectivity index (χ1) is 22.0. The van der Waals surface area contributed by atoms with Crippen molar-refractivity contribution in [3.05, 3.63) is 82.9 Å². The summed E-state index contributed by atoms with van der Waals surface area (Å²) in [5.41, 5.74) is 2.99. The maximum atomic E-state index is 14.2. The summed E-state index contributed by atoms with van der Waals surface area (Å²) >= 11 is 0. The topological polar surface area (TPSA) is 85.0 Å². The predicted octanol–water partition coefficient (Wildman–Crippen LogP) is 5.17. The number of rotatable bonds is 12. The van der Waals surface area contributed by atoms with Gasteiger partial charge in [0.25, 0.3) is 0 Å². The van der Waals surface area contributed by atoms with E-state index < -0.39 is 22.9 Å². The van der Waals surface area contributed by atoms with Crippen molar-refractivity contribution in [2.75, 3.05) is 40.3 Å². The van der Waals surface area contributed by atoms with Gasteiger partial charge in [0, 0.05) is 50.8 Å². The first kappa shape index (κ1) is 38.0. The van der Waals surface area contributed by atoms with Gasteiger partial charge in [-0.1, -0.05) is 115 Å². The van der Waals surface area contributed by atoms with Gasteiger partial charge in [-0.15, -0.1) is 0 Å². The van der Waals surface area contributed by atoms with Crippen LogP contribution in [0.15, 0.2) is 66.2 Å². The summed E-state index contributed by atoms with van der Waals surface area (Å²) < 4.78 is 0. The normalized spacial score (nSPS) is 16.9. The lowest BCUT2D eigenvalue weighted by Gasteiger charge is -2.40. The Labute approximate surface area is 284 Å². The fourth-order valence-corrected chi connectivity index (χ4v) is 6.54. The van der Waals surface area contributed by atoms with Crippen LogP contribution in [-0.2, 0) is 26.3 Å². The molecule has 3 amide bonds. The van der Waals surface area contributed by atoms with Crippen LogP contribution in [0.1, 0.15) is 72.1 Å². The number of carbonyl (C=O) groups is 3. The number of hydrogen-bond donors (Lipinski definition) is 2. The molecule has 1 aliphatic rings. The van der Waals surface area contributed by atoms with Gasteiger partial charge in [-0.2, -0.15) is 0 Å². The Morgan fingerprint density at radius 1 is 0.915 bits per heavy atom. The Morgan fingerprint density at radius 3 is 2.06 bits per heavy atom. The maximum absolute atomic E-state index is 14.2. The van der Waals surface area contributed by atoms with Crippen molar-refractivity contribution in [3.63, 3.8) is 0 Å². The molecule has 1 heterocycles. The number of piperazine rings is 1. The highest BCUT2D eigenvalue weighted by Crippen LogP contribution is 2.30. The lowest BCUT2D eigenvalue weighted by molar-refractivity contribution is -0.141. The minimum atomic E-state index is -0.771. The molecule has 47 heavy (non-hydrogen) atoms. The van der Waals surface area contributed by atoms with Gasteiger partial charge in [0.2, 0.25) is 17.7 Å². The predicted molar refractivity (Wildman–Crippen MR) is 192 cm³/mol. The summed E-state index contributed by atoms with van der Waals surface area (Å²) in [5.74, 6) is -0.350. The van der Waals surface area contributed by atoms with Crippen LogP contribution in [0.3, 0.4) is 0 Å². The number of likely N-dealkylation sites (N-methyl/N-ethyl adjacent to an activating group) is 2. The molecule has 0 aliphatic carbocycles. The molecule has 0 bridgehead atoms. The van der Waals surface area contributed by atoms with Crippen LogP contribution in [0, 0.1) is 18.3 Å². The Hall–Kier alpha value is -3.49. The SMILES string of the molecule is CN[C@H](C(=O)N[C@H](C(=O)N(C)[C@H](/C=C(\C)C(=O)N1CCN(Cc2ccccc2)CC1)C(C)C)C(C)(C)C)C(C)(C)c1cccc(C)c1. The van der Waals surface area contributed by atoms with Crippen LogP contribution in [0.25, 0.3) is 0 Å². The zero-order valence-corrected chi connectivity index (χ0v) is 30.7. The molecule has 2 aromatic rings. The Morgan fingerprint density at radius 2 is 1.53 bits per heavy atom. The molecule has 3 atom stereocenters. The molecule has 0 unspecified atom stereocenters. The highest BCUT2D eigenvalue weighted by atomic mass is 16.2. The van der Waals surface area contributed by atoms with Gasteiger partial charge in [-0.25, -0.2) is 0 Å². The quantitative estimate of drug-likeness (QED) is 0.312. The van der Waals surface area contributed by atoms with E-state index in [2.05, 4.69) is 59.7 Å². The number of aryl methyl sites for hydroxylation is 1. The standard InChI is InChI=1S/C39H59N5O3/c1-27(2)32(25-29(4)36(46)44-22-20-43(21-23-44)26-30-17-13-12-14-18-30)42(11)37(47)34(38(5,6)7)41-35(45)33(40-10)39(8,9)31-19-15-16-28(3)24-31/h12-19,24-25,27,32-34,40H,20-23,26H2,1-11H3,(H,41,45)/b29-25+/t32-,33-,34-/m1/s1. The Bertz CT molecular complexity index is 1390. The van der Waals surface area contributed by atoms with Crippen molar-refractivity contribution in [1.82, 2.24) is 25.3 Å². The second-order valence-electron chi connectivity index (χ2n) is 15.2. The molecule has 2 aromatic carbocycles. The number of benzene rings is 2. The van der Waals surface area contributed by atoms with Crippen molar-refractivity contribution >= 4 is 17.7 Å². The Balaban J connectivity index is 1.74. The van der Waals surface area contributed by atoms with Crippen molar-refractivity contribution in [2.24, 2.45) is 11.3 Å². The fourth-order valence-electron chi connectivity index (χ4n) is 6.54. The lowest BCUT2D eigenvalue weighted by atomic mass is 9.76. The molecular formula is C39H59N5O3. The van der Waals surface area contributed by atoms with E-state index in [1.807, 2.05) is 83.7 Å². The van der Waals surface area contributed by atoms with E-state index in [1.54, 1.807) is 19.0 Å². The third kappa shape index (κ3) is 9.77. The van der Waals surface area contributed by atoms with Crippen LogP contribution < -0.4 is 10.6 Å². The van der Waals surface area contributed by atoms with Gasteiger partial charge < -0.3 is 20.4 Å². The summed E-state index contributed by atoms with van der Waals surface area (Å²) in [6.45, 7) is 21.9. The van der Waals surface area contributed by atoms with Crippen molar-refractivity contribution < 1.29 is 14.4 Å². The molecule has 258 valence electrons. The maximum Gasteiger partial charge on any atom is 0.249 e. The molecule has 0 aromatic heterocycles. The van der Waals surface area contributed by atoms with Crippen LogP contribution in [-0.4, -0.2) is 90.8 Å². The first-order valence-corrected chi connectivity index (χ1v) is 17.0. The number of nitrogens with zero attached hydrogens (tertiary/aromatic N) is 3. The number of carbonyl (C=O) groups excluding carboxylic acids is 3. The molecule has 0 radical (unpaired) electrons. The molecule has 2 N–H and O–H groups in total. The highest BCUT2D eigenvalue weighted by molar-refractivity contribution is 5.94.